The van der Waals surface area contributed by atoms with E-state index in [1.54, 1.807) is 48.5 Å². The largest absolute Gasteiger partial charge is 1.00 e. The van der Waals surface area contributed by atoms with Crippen LogP contribution < -0.4 is 164 Å². The molecule has 0 amide bonds. The maximum absolute atomic E-state index is 11.3. The molecule has 8 aromatic rings. The van der Waals surface area contributed by atoms with Crippen LogP contribution in [-0.4, -0.2) is 97.3 Å². The first-order chi connectivity index (χ1) is 32.4. The van der Waals surface area contributed by atoms with Gasteiger partial charge in [-0.3, -0.25) is 0 Å². The summed E-state index contributed by atoms with van der Waals surface area (Å²) in [7, 11) is 2.00. The maximum atomic E-state index is 11.3. The normalized spacial score (nSPS) is 11.0. The Balaban J connectivity index is 0. The minimum absolute atomic E-state index is 0. The van der Waals surface area contributed by atoms with Gasteiger partial charge in [0.1, 0.15) is 23.0 Å². The van der Waals surface area contributed by atoms with Crippen LogP contribution in [0.15, 0.2) is 145 Å². The predicted octanol–water partition coefficient (Wildman–Crippen LogP) is -6.67. The van der Waals surface area contributed by atoms with Gasteiger partial charge in [-0.25, -0.2) is 19.3 Å². The quantitative estimate of drug-likeness (QED) is 0.0772. The first kappa shape index (κ1) is 50.9. The third-order valence-corrected chi connectivity index (χ3v) is 7.85. The number of nitrogens with zero attached hydrogens (tertiary/aromatic N) is 6. The number of phenols is 4. The van der Waals surface area contributed by atoms with Crippen molar-refractivity contribution in [3.8, 4) is 79.9 Å². The third kappa shape index (κ3) is 16.0. The standard InChI is InChI=1S/2C21H15N3O4.2CH4O.Fe.3K.2H2O/c2*25-17-7-3-1-5-15(17)19-22-20(16-6-2-4-8-18(16)26)24(23-19)14-11-9-13(10-12-14)21(27)28;2*1-2;;;;;;/h2*1-12,25-26H,(H,27,28);2*2H,1H3;;;;;2*1H2/q;;;;;3*+1;;/p-2/i2*9D,10D,11D,12D;;;;;;;;. The number of para-hydroxylation sites is 4. The molecule has 0 fully saturated rings. The molecule has 0 bridgehead atoms. The molecule has 0 aliphatic rings. The van der Waals surface area contributed by atoms with E-state index in [1.807, 2.05) is 0 Å². The summed E-state index contributed by atoms with van der Waals surface area (Å²) >= 11 is 0. The molecular formula is C44H40FeK3N6O12+. The van der Waals surface area contributed by atoms with E-state index in [-0.39, 0.29) is 262 Å². The Morgan fingerprint density at radius 2 is 0.712 bits per heavy atom. The molecule has 0 radical (unpaired) electrons. The Morgan fingerprint density at radius 1 is 0.470 bits per heavy atom. The van der Waals surface area contributed by atoms with Gasteiger partial charge in [0.05, 0.1) is 56.5 Å². The molecule has 22 heteroatoms. The number of carbonyl (C=O) groups is 2. The van der Waals surface area contributed by atoms with Crippen LogP contribution in [-0.2, 0) is 17.1 Å². The summed E-state index contributed by atoms with van der Waals surface area (Å²) in [6.07, 6.45) is 0. The number of rotatable bonds is 8. The van der Waals surface area contributed by atoms with Crippen molar-refractivity contribution >= 4 is 11.9 Å². The van der Waals surface area contributed by atoms with Crippen LogP contribution in [0, 0.1) is 0 Å². The van der Waals surface area contributed by atoms with Gasteiger partial charge in [0, 0.05) is 31.3 Å². The Kier molecular flexibility index (Phi) is 24.6. The van der Waals surface area contributed by atoms with E-state index in [2.05, 4.69) is 20.2 Å². The first-order valence-electron chi connectivity index (χ1n) is 21.1. The molecule has 0 unspecified atom stereocenters. The van der Waals surface area contributed by atoms with Crippen LogP contribution in [0.4, 0.5) is 0 Å². The van der Waals surface area contributed by atoms with E-state index in [1.165, 1.54) is 48.5 Å². The van der Waals surface area contributed by atoms with Crippen molar-refractivity contribution in [1.82, 2.24) is 29.5 Å². The molecule has 0 saturated carbocycles. The SMILES string of the molecule is CO.CO.O.O.[2H]c1c([2H])c(-n2nc(-c3ccccc3O)nc2-c2ccccc2O)c([2H])c([2H])c1C(=O)[O-].[2H]c1c([2H])c(-n2nc(-c3ccccc3O)nc2-c2ccccc2O)c([2H])c([2H])c1C(=O)[O-].[Fe].[K+].[K+].[K+]. The molecule has 10 N–H and O–H groups in total. The van der Waals surface area contributed by atoms with Crippen LogP contribution in [0.25, 0.3) is 56.9 Å². The summed E-state index contributed by atoms with van der Waals surface area (Å²) in [4.78, 5) is 31.4. The Labute approximate surface area is 527 Å². The predicted molar refractivity (Wildman–Crippen MR) is 223 cm³/mol. The molecule has 66 heavy (non-hydrogen) atoms. The number of carboxylic acids is 2. The zero-order valence-electron chi connectivity index (χ0n) is 43.6. The molecule has 6 aromatic carbocycles. The molecule has 0 atom stereocenters. The number of aromatic nitrogens is 6. The van der Waals surface area contributed by atoms with Gasteiger partial charge in [-0.2, -0.15) is 0 Å². The number of aliphatic hydroxyl groups excluding tert-OH is 2. The van der Waals surface area contributed by atoms with E-state index >= 15 is 0 Å². The topological polar surface area (TPSA) is 326 Å². The molecule has 328 valence electrons. The molecule has 0 spiro atoms. The second kappa shape index (κ2) is 31.9. The summed E-state index contributed by atoms with van der Waals surface area (Å²) in [5.41, 5.74) is -1.73. The molecule has 2 aromatic heterocycles. The van der Waals surface area contributed by atoms with Crippen LogP contribution in [0.3, 0.4) is 0 Å². The number of aliphatic hydroxyl groups is 2. The summed E-state index contributed by atoms with van der Waals surface area (Å²) < 4.78 is 67.2. The number of aromatic hydroxyl groups is 4. The monoisotopic (exact) mass is 1030 g/mol. The number of phenolic OH excluding ortho intramolecular Hbond substituents is 4. The average Bonchev–Trinajstić information content (AvgIpc) is 3.95. The fourth-order valence-corrected chi connectivity index (χ4v) is 5.19. The number of carbonyl (C=O) groups excluding carboxylic acids is 2. The van der Waals surface area contributed by atoms with Crippen molar-refractivity contribution in [1.29, 1.82) is 0 Å². The number of benzene rings is 6. The van der Waals surface area contributed by atoms with Crippen molar-refractivity contribution in [3.63, 3.8) is 0 Å². The van der Waals surface area contributed by atoms with Gasteiger partial charge >= 0.3 is 154 Å². The summed E-state index contributed by atoms with van der Waals surface area (Å²) in [6, 6.07) is 18.6. The van der Waals surface area contributed by atoms with Crippen molar-refractivity contribution in [2.45, 2.75) is 0 Å². The van der Waals surface area contributed by atoms with Gasteiger partial charge in [-0.15, -0.1) is 10.2 Å². The second-order valence-electron chi connectivity index (χ2n) is 11.4. The van der Waals surface area contributed by atoms with E-state index in [0.717, 1.165) is 23.6 Å². The van der Waals surface area contributed by atoms with Crippen LogP contribution in [0.5, 0.6) is 23.0 Å². The number of carboxylic acid groups (broad SMARTS) is 2. The fraction of sp³-hybridized carbons (Fsp3) is 0.0455. The van der Waals surface area contributed by atoms with Crippen molar-refractivity contribution in [3.05, 3.63) is 157 Å². The Morgan fingerprint density at radius 3 is 0.955 bits per heavy atom. The summed E-state index contributed by atoms with van der Waals surface area (Å²) in [6.45, 7) is 0. The fourth-order valence-electron chi connectivity index (χ4n) is 5.19. The van der Waals surface area contributed by atoms with Gasteiger partial charge in [0.2, 0.25) is 0 Å². The molecule has 0 aliphatic heterocycles. The molecular weight excluding hydrogens is 978 g/mol. The van der Waals surface area contributed by atoms with Crippen LogP contribution in [0.2, 0.25) is 0 Å². The number of hydrogen-bond donors (Lipinski definition) is 6. The van der Waals surface area contributed by atoms with Gasteiger partial charge in [-0.1, -0.05) is 72.7 Å². The van der Waals surface area contributed by atoms with Crippen LogP contribution >= 0.6 is 0 Å². The molecule has 0 aliphatic carbocycles. The number of hydrogen-bond acceptors (Lipinski definition) is 14. The van der Waals surface area contributed by atoms with Gasteiger partial charge in [0.15, 0.2) is 23.3 Å². The smallest absolute Gasteiger partial charge is 0.545 e. The Hall–Kier alpha value is -2.99. The van der Waals surface area contributed by atoms with Crippen molar-refractivity contribution in [2.75, 3.05) is 14.2 Å². The van der Waals surface area contributed by atoms with E-state index in [0.29, 0.717) is 0 Å². The van der Waals surface area contributed by atoms with E-state index in [9.17, 15) is 40.2 Å². The number of aromatic carboxylic acids is 2. The average molecular weight is 1030 g/mol. The molecule has 8 rings (SSSR count). The van der Waals surface area contributed by atoms with Gasteiger partial charge in [0.25, 0.3) is 0 Å². The minimum atomic E-state index is -1.84. The van der Waals surface area contributed by atoms with E-state index in [4.69, 9.17) is 21.2 Å². The van der Waals surface area contributed by atoms with Crippen molar-refractivity contribution in [2.24, 2.45) is 0 Å². The minimum Gasteiger partial charge on any atom is -0.545 e. The summed E-state index contributed by atoms with van der Waals surface area (Å²) in [5.74, 6) is -4.44. The molecule has 2 heterocycles. The summed E-state index contributed by atoms with van der Waals surface area (Å²) in [5, 5.41) is 86.3. The maximum Gasteiger partial charge on any atom is 1.00 e. The third-order valence-electron chi connectivity index (χ3n) is 7.85. The van der Waals surface area contributed by atoms with Gasteiger partial charge in [-0.05, 0) is 83.8 Å². The molecule has 0 saturated heterocycles. The van der Waals surface area contributed by atoms with E-state index < -0.39 is 71.4 Å². The van der Waals surface area contributed by atoms with Crippen LogP contribution in [0.1, 0.15) is 31.7 Å². The van der Waals surface area contributed by atoms with Gasteiger partial charge < -0.3 is 61.4 Å². The zero-order chi connectivity index (χ0) is 50.3. The molecule has 18 nitrogen and oxygen atoms in total. The zero-order valence-corrected chi connectivity index (χ0v) is 46.1. The van der Waals surface area contributed by atoms with Crippen molar-refractivity contribution < 1.29 is 244 Å². The Bertz CT molecular complexity index is 2970. The first-order valence-corrected chi connectivity index (χ1v) is 17.1. The second-order valence-corrected chi connectivity index (χ2v) is 11.4.